The summed E-state index contributed by atoms with van der Waals surface area (Å²) in [7, 11) is 2.78. The molecule has 72 heavy (non-hydrogen) atoms. The molecule has 2 aliphatic rings. The van der Waals surface area contributed by atoms with Gasteiger partial charge in [-0.3, -0.25) is 43.3 Å². The maximum atomic E-state index is 15.0. The number of carbonyl (C=O) groups excluding carboxylic acids is 8. The van der Waals surface area contributed by atoms with Crippen molar-refractivity contribution in [2.45, 2.75) is 173 Å². The van der Waals surface area contributed by atoms with Crippen LogP contribution in [-0.4, -0.2) is 155 Å². The van der Waals surface area contributed by atoms with Gasteiger partial charge in [0.1, 0.15) is 60.4 Å². The molecule has 0 radical (unpaired) electrons. The van der Waals surface area contributed by atoms with Crippen LogP contribution in [0, 0.1) is 11.8 Å². The zero-order valence-corrected chi connectivity index (χ0v) is 43.3. The molecule has 2 aliphatic heterocycles. The van der Waals surface area contributed by atoms with Crippen molar-refractivity contribution in [1.82, 2.24) is 36.4 Å². The number of carboxylic acid groups (broad SMARTS) is 1. The molecule has 0 saturated carbocycles. The number of unbranched alkanes of at least 4 members (excludes halogenated alkanes) is 2. The largest absolute Gasteiger partial charge is 0.495 e. The monoisotopic (exact) mass is 1030 g/mol. The molecule has 24 heteroatoms. The molecule has 2 heterocycles. The van der Waals surface area contributed by atoms with E-state index in [1.165, 1.54) is 21.1 Å². The first-order valence-corrected chi connectivity index (χ1v) is 24.9. The summed E-state index contributed by atoms with van der Waals surface area (Å²) in [5, 5.41) is 34.2. The van der Waals surface area contributed by atoms with E-state index in [-0.39, 0.29) is 62.5 Å². The third kappa shape index (κ3) is 17.2. The van der Waals surface area contributed by atoms with Crippen LogP contribution in [0.2, 0.25) is 5.02 Å². The maximum Gasteiger partial charge on any atom is 0.329 e. The number of hydrogen-bond acceptors (Lipinski definition) is 13. The number of aliphatic carboxylic acids is 1. The number of halogens is 1. The minimum atomic E-state index is -1.83. The molecule has 2 saturated heterocycles. The SMILES string of the molecule is CCCCCC(=O)N[C@@H](CCC(=O)O)C(=O)N[C@@H]1C(=O)N[C@@H](CCCN=C(N)N)C(=O)N[C@H]2CC[C@@H](O)N(C2=O)[C@@H](C(C)CC)C(=O)N(C)[C@@H](Cc2ccc(OC)c(Cl)c2)C(=O)N[C@@H](C(C)C)C(=O)OC1C. The van der Waals surface area contributed by atoms with Crippen LogP contribution in [-0.2, 0) is 54.3 Å². The maximum absolute atomic E-state index is 15.0. The van der Waals surface area contributed by atoms with Gasteiger partial charge in [0, 0.05) is 32.9 Å². The first-order chi connectivity index (χ1) is 33.9. The number of aliphatic hydroxyl groups is 1. The first kappa shape index (κ1) is 60.1. The Kier molecular flexibility index (Phi) is 24.0. The average molecular weight is 1040 g/mol. The number of nitrogens with one attached hydrogen (secondary N) is 5. The Morgan fingerprint density at radius 3 is 2.25 bits per heavy atom. The number of aliphatic hydroxyl groups excluding tert-OH is 1. The van der Waals surface area contributed by atoms with Crippen molar-refractivity contribution in [3.8, 4) is 5.75 Å². The second kappa shape index (κ2) is 28.7. The van der Waals surface area contributed by atoms with Crippen molar-refractivity contribution in [3.63, 3.8) is 0 Å². The fraction of sp³-hybridized carbons (Fsp3) is 0.667. The number of fused-ring (bicyclic) bond motifs is 2. The number of nitrogens with two attached hydrogens (primary N) is 2. The third-order valence-electron chi connectivity index (χ3n) is 12.9. The highest BCUT2D eigenvalue weighted by atomic mass is 35.5. The van der Waals surface area contributed by atoms with E-state index in [0.29, 0.717) is 30.6 Å². The van der Waals surface area contributed by atoms with Gasteiger partial charge < -0.3 is 67.5 Å². The molecule has 402 valence electrons. The topological polar surface area (TPSA) is 344 Å². The van der Waals surface area contributed by atoms with Gasteiger partial charge in [-0.05, 0) is 75.0 Å². The smallest absolute Gasteiger partial charge is 0.329 e. The van der Waals surface area contributed by atoms with Gasteiger partial charge in [0.15, 0.2) is 5.96 Å². The Morgan fingerprint density at radius 1 is 0.958 bits per heavy atom. The number of likely N-dealkylation sites (N-methyl/N-ethyl adjacent to an activating group) is 1. The van der Waals surface area contributed by atoms with Gasteiger partial charge in [-0.1, -0.05) is 71.5 Å². The molecule has 0 aliphatic carbocycles. The summed E-state index contributed by atoms with van der Waals surface area (Å²) in [5.74, 6) is -9.47. The second-order valence-corrected chi connectivity index (χ2v) is 19.1. The lowest BCUT2D eigenvalue weighted by Crippen LogP contribution is -2.66. The zero-order chi connectivity index (χ0) is 54.0. The molecule has 0 spiro atoms. The lowest BCUT2D eigenvalue weighted by molar-refractivity contribution is -0.168. The van der Waals surface area contributed by atoms with Gasteiger partial charge in [-0.25, -0.2) is 4.79 Å². The van der Waals surface area contributed by atoms with E-state index < -0.39 is 126 Å². The van der Waals surface area contributed by atoms with Gasteiger partial charge in [-0.2, -0.15) is 0 Å². The van der Waals surface area contributed by atoms with E-state index in [2.05, 4.69) is 31.6 Å². The molecular formula is C48H75ClN10O13. The molecule has 2 fully saturated rings. The molecule has 7 amide bonds. The highest BCUT2D eigenvalue weighted by molar-refractivity contribution is 6.32. The minimum absolute atomic E-state index is 0.00271. The van der Waals surface area contributed by atoms with E-state index in [1.807, 2.05) is 6.92 Å². The number of nitrogens with zero attached hydrogens (tertiary/aromatic N) is 3. The van der Waals surface area contributed by atoms with Crippen molar-refractivity contribution in [2.75, 3.05) is 20.7 Å². The number of ether oxygens (including phenoxy) is 2. The summed E-state index contributed by atoms with van der Waals surface area (Å²) in [6.07, 6.45) is -2.06. The van der Waals surface area contributed by atoms with Gasteiger partial charge in [0.05, 0.1) is 12.1 Å². The number of hydrogen-bond donors (Lipinski definition) is 9. The summed E-state index contributed by atoms with van der Waals surface area (Å²) in [6, 6.07) is -5.58. The number of cyclic esters (lactones) is 1. The van der Waals surface area contributed by atoms with Gasteiger partial charge in [-0.15, -0.1) is 0 Å². The summed E-state index contributed by atoms with van der Waals surface area (Å²) in [5.41, 5.74) is 11.5. The molecule has 1 aromatic carbocycles. The molecule has 2 bridgehead atoms. The Labute approximate surface area is 425 Å². The Hall–Kier alpha value is -6.23. The number of aliphatic imine (C=N–C) groups is 1. The number of amides is 7. The molecule has 2 unspecified atom stereocenters. The third-order valence-corrected chi connectivity index (χ3v) is 13.2. The molecule has 1 aromatic rings. The number of carboxylic acids is 1. The number of methoxy groups -OCH3 is 1. The summed E-state index contributed by atoms with van der Waals surface area (Å²) < 4.78 is 11.2. The summed E-state index contributed by atoms with van der Waals surface area (Å²) in [4.78, 5) is 132. The summed E-state index contributed by atoms with van der Waals surface area (Å²) in [6.45, 7) is 9.89. The quantitative estimate of drug-likeness (QED) is 0.0374. The predicted octanol–water partition coefficient (Wildman–Crippen LogP) is 0.598. The van der Waals surface area contributed by atoms with E-state index >= 15 is 0 Å². The normalized spacial score (nSPS) is 24.5. The van der Waals surface area contributed by atoms with Gasteiger partial charge >= 0.3 is 11.9 Å². The standard InChI is InChI=1S/C48H75ClN10O13/c1-9-11-12-15-35(60)53-31(18-21-37(62)63)42(65)57-39-27(6)72-47(70)38(25(3)4)56-43(66)33(24-28-16-19-34(71-8)29(49)23-28)58(7)46(69)40(26(5)10-2)59-36(61)20-17-32(45(59)68)55-41(64)30(54-44(39)67)14-13-22-52-48(50)51/h16,19,23,25-27,30-33,36,38-40,61H,9-15,17-18,20-22,24H2,1-8H3,(H,53,60)(H,54,67)(H,55,64)(H,56,66)(H,57,65)(H,62,63)(H4,50,51,52)/t26?,27?,30-,31-,32-,33-,36+,38-,39-,40-/m0/s1. The fourth-order valence-corrected chi connectivity index (χ4v) is 8.70. The lowest BCUT2D eigenvalue weighted by atomic mass is 9.91. The van der Waals surface area contributed by atoms with Crippen molar-refractivity contribution in [1.29, 1.82) is 0 Å². The Balaban J connectivity index is 2.27. The van der Waals surface area contributed by atoms with Crippen molar-refractivity contribution in [3.05, 3.63) is 28.8 Å². The van der Waals surface area contributed by atoms with Crippen LogP contribution < -0.4 is 42.8 Å². The van der Waals surface area contributed by atoms with Crippen molar-refractivity contribution >= 4 is 70.8 Å². The number of esters is 1. The lowest BCUT2D eigenvalue weighted by Gasteiger charge is -2.44. The average Bonchev–Trinajstić information content (AvgIpc) is 3.32. The molecule has 3 rings (SSSR count). The highest BCUT2D eigenvalue weighted by Crippen LogP contribution is 2.29. The van der Waals surface area contributed by atoms with Crippen LogP contribution in [0.5, 0.6) is 5.75 Å². The van der Waals surface area contributed by atoms with Crippen LogP contribution in [0.3, 0.4) is 0 Å². The van der Waals surface area contributed by atoms with Gasteiger partial charge in [0.2, 0.25) is 41.4 Å². The predicted molar refractivity (Wildman–Crippen MR) is 265 cm³/mol. The van der Waals surface area contributed by atoms with Crippen LogP contribution in [0.4, 0.5) is 0 Å². The Bertz CT molecular complexity index is 2120. The number of guanidine groups is 1. The van der Waals surface area contributed by atoms with Crippen molar-refractivity contribution in [2.24, 2.45) is 28.3 Å². The molecule has 10 atom stereocenters. The van der Waals surface area contributed by atoms with Gasteiger partial charge in [0.25, 0.3) is 0 Å². The van der Waals surface area contributed by atoms with E-state index in [0.717, 1.165) is 16.2 Å². The minimum Gasteiger partial charge on any atom is -0.495 e. The van der Waals surface area contributed by atoms with E-state index in [4.69, 9.17) is 32.5 Å². The van der Waals surface area contributed by atoms with Crippen LogP contribution in [0.25, 0.3) is 0 Å². The number of carbonyl (C=O) groups is 9. The zero-order valence-electron chi connectivity index (χ0n) is 42.5. The summed E-state index contributed by atoms with van der Waals surface area (Å²) >= 11 is 6.49. The molecule has 23 nitrogen and oxygen atoms in total. The van der Waals surface area contributed by atoms with Crippen LogP contribution >= 0.6 is 11.6 Å². The number of benzene rings is 1. The van der Waals surface area contributed by atoms with E-state index in [9.17, 15) is 53.4 Å². The molecule has 11 N–H and O–H groups in total. The fourth-order valence-electron chi connectivity index (χ4n) is 8.42. The highest BCUT2D eigenvalue weighted by Gasteiger charge is 2.47. The number of piperidine rings is 1. The van der Waals surface area contributed by atoms with Crippen LogP contribution in [0.1, 0.15) is 118 Å². The molecular weight excluding hydrogens is 960 g/mol. The second-order valence-electron chi connectivity index (χ2n) is 18.7. The van der Waals surface area contributed by atoms with E-state index in [1.54, 1.807) is 45.9 Å². The number of rotatable bonds is 20. The van der Waals surface area contributed by atoms with Crippen LogP contribution in [0.15, 0.2) is 23.2 Å². The molecule has 0 aromatic heterocycles. The Morgan fingerprint density at radius 2 is 1.65 bits per heavy atom. The first-order valence-electron chi connectivity index (χ1n) is 24.5. The van der Waals surface area contributed by atoms with Crippen molar-refractivity contribution < 1.29 is 62.8 Å².